The van der Waals surface area contributed by atoms with Crippen LogP contribution in [-0.2, 0) is 19.6 Å². The highest BCUT2D eigenvalue weighted by Crippen LogP contribution is 2.26. The highest BCUT2D eigenvalue weighted by molar-refractivity contribution is 9.10. The maximum absolute atomic E-state index is 13.1. The van der Waals surface area contributed by atoms with Gasteiger partial charge in [-0.15, -0.1) is 0 Å². The van der Waals surface area contributed by atoms with Gasteiger partial charge < -0.3 is 14.8 Å². The first-order valence-corrected chi connectivity index (χ1v) is 11.1. The lowest BCUT2D eigenvalue weighted by Crippen LogP contribution is -2.40. The number of anilines is 1. The normalized spacial score (nSPS) is 15.1. The van der Waals surface area contributed by atoms with Crippen molar-refractivity contribution >= 4 is 37.5 Å². The molecule has 0 unspecified atom stereocenters. The van der Waals surface area contributed by atoms with E-state index < -0.39 is 21.7 Å². The van der Waals surface area contributed by atoms with Crippen LogP contribution in [0.4, 0.5) is 10.1 Å². The fourth-order valence-corrected chi connectivity index (χ4v) is 4.94. The van der Waals surface area contributed by atoms with Crippen molar-refractivity contribution in [3.8, 4) is 5.75 Å². The van der Waals surface area contributed by atoms with E-state index in [2.05, 4.69) is 21.2 Å². The molecule has 1 fully saturated rings. The topological polar surface area (TPSA) is 84.9 Å². The molecule has 0 saturated carbocycles. The first kappa shape index (κ1) is 21.7. The lowest BCUT2D eigenvalue weighted by atomic mass is 10.2. The second kappa shape index (κ2) is 9.21. The maximum atomic E-state index is 13.1. The number of ether oxygens (including phenoxy) is 2. The summed E-state index contributed by atoms with van der Waals surface area (Å²) in [5.74, 6) is -0.580. The molecule has 0 radical (unpaired) electrons. The number of nitrogens with one attached hydrogen (secondary N) is 1. The summed E-state index contributed by atoms with van der Waals surface area (Å²) >= 11 is 3.16. The Morgan fingerprint density at radius 1 is 1.24 bits per heavy atom. The second-order valence-electron chi connectivity index (χ2n) is 6.41. The van der Waals surface area contributed by atoms with Gasteiger partial charge in [0.1, 0.15) is 11.6 Å². The minimum atomic E-state index is -3.69. The Hall–Kier alpha value is -2.01. The standard InChI is InChI=1S/C19H20BrFN2O5S/c1-13-2-4-15(11-18(13)29(25,26)23-6-8-27-9-7-23)22-19(24)12-28-17-5-3-14(21)10-16(17)20/h2-5,10-11H,6-9,12H2,1H3,(H,22,24). The Morgan fingerprint density at radius 3 is 2.66 bits per heavy atom. The van der Waals surface area contributed by atoms with Crippen LogP contribution in [0.1, 0.15) is 5.56 Å². The third-order valence-electron chi connectivity index (χ3n) is 4.31. The van der Waals surface area contributed by atoms with E-state index in [0.29, 0.717) is 47.8 Å². The maximum Gasteiger partial charge on any atom is 0.262 e. The van der Waals surface area contributed by atoms with Crippen LogP contribution >= 0.6 is 15.9 Å². The summed E-state index contributed by atoms with van der Waals surface area (Å²) in [5, 5.41) is 2.62. The smallest absolute Gasteiger partial charge is 0.262 e. The Bertz CT molecular complexity index is 1010. The van der Waals surface area contributed by atoms with Crippen molar-refractivity contribution in [2.75, 3.05) is 38.2 Å². The SMILES string of the molecule is Cc1ccc(NC(=O)COc2ccc(F)cc2Br)cc1S(=O)(=O)N1CCOCC1. The van der Waals surface area contributed by atoms with Crippen molar-refractivity contribution in [2.24, 2.45) is 0 Å². The van der Waals surface area contributed by atoms with Crippen molar-refractivity contribution in [2.45, 2.75) is 11.8 Å². The fourth-order valence-electron chi connectivity index (χ4n) is 2.81. The number of benzene rings is 2. The average molecular weight is 487 g/mol. The van der Waals surface area contributed by atoms with Crippen molar-refractivity contribution in [3.05, 3.63) is 52.3 Å². The van der Waals surface area contributed by atoms with Gasteiger partial charge in [0.25, 0.3) is 5.91 Å². The van der Waals surface area contributed by atoms with Crippen LogP contribution in [0.15, 0.2) is 45.8 Å². The highest BCUT2D eigenvalue weighted by atomic mass is 79.9. The van der Waals surface area contributed by atoms with Crippen molar-refractivity contribution in [3.63, 3.8) is 0 Å². The van der Waals surface area contributed by atoms with Crippen LogP contribution in [0.5, 0.6) is 5.75 Å². The van der Waals surface area contributed by atoms with Crippen molar-refractivity contribution < 1.29 is 27.1 Å². The minimum absolute atomic E-state index is 0.138. The number of halogens is 2. The number of sulfonamides is 1. The molecule has 3 rings (SSSR count). The molecule has 1 N–H and O–H groups in total. The zero-order valence-corrected chi connectivity index (χ0v) is 18.1. The van der Waals surface area contributed by atoms with Gasteiger partial charge in [0.05, 0.1) is 22.6 Å². The lowest BCUT2D eigenvalue weighted by Gasteiger charge is -2.26. The molecule has 0 atom stereocenters. The van der Waals surface area contributed by atoms with Gasteiger partial charge in [0, 0.05) is 18.8 Å². The first-order chi connectivity index (χ1) is 13.8. The van der Waals surface area contributed by atoms with Gasteiger partial charge in [0.2, 0.25) is 10.0 Å². The van der Waals surface area contributed by atoms with Gasteiger partial charge in [0.15, 0.2) is 6.61 Å². The van der Waals surface area contributed by atoms with Crippen molar-refractivity contribution in [1.29, 1.82) is 0 Å². The van der Waals surface area contributed by atoms with E-state index in [4.69, 9.17) is 9.47 Å². The molecular weight excluding hydrogens is 467 g/mol. The van der Waals surface area contributed by atoms with E-state index in [1.807, 2.05) is 0 Å². The lowest BCUT2D eigenvalue weighted by molar-refractivity contribution is -0.118. The fraction of sp³-hybridized carbons (Fsp3) is 0.316. The number of hydrogen-bond donors (Lipinski definition) is 1. The summed E-state index contributed by atoms with van der Waals surface area (Å²) < 4.78 is 51.3. The van der Waals surface area contributed by atoms with Crippen LogP contribution in [0.3, 0.4) is 0 Å². The largest absolute Gasteiger partial charge is 0.483 e. The second-order valence-corrected chi connectivity index (χ2v) is 9.17. The zero-order chi connectivity index (χ0) is 21.0. The van der Waals surface area contributed by atoms with Crippen molar-refractivity contribution in [1.82, 2.24) is 4.31 Å². The van der Waals surface area contributed by atoms with Crippen LogP contribution in [-0.4, -0.2) is 51.5 Å². The number of nitrogens with zero attached hydrogens (tertiary/aromatic N) is 1. The van der Waals surface area contributed by atoms with Gasteiger partial charge in [-0.25, -0.2) is 12.8 Å². The third-order valence-corrected chi connectivity index (χ3v) is 6.97. The molecule has 0 bridgehead atoms. The summed E-state index contributed by atoms with van der Waals surface area (Å²) in [4.78, 5) is 12.3. The number of amides is 1. The number of aryl methyl sites for hydroxylation is 1. The van der Waals surface area contributed by atoms with E-state index >= 15 is 0 Å². The van der Waals surface area contributed by atoms with E-state index in [9.17, 15) is 17.6 Å². The molecule has 1 saturated heterocycles. The van der Waals surface area contributed by atoms with E-state index in [1.165, 1.54) is 28.6 Å². The molecule has 2 aromatic carbocycles. The number of morpholine rings is 1. The Labute approximate surface area is 177 Å². The minimum Gasteiger partial charge on any atom is -0.483 e. The predicted octanol–water partition coefficient (Wildman–Crippen LogP) is 2.94. The molecule has 1 heterocycles. The molecule has 1 amide bonds. The first-order valence-electron chi connectivity index (χ1n) is 8.83. The number of hydrogen-bond acceptors (Lipinski definition) is 5. The van der Waals surface area contributed by atoms with E-state index in [-0.39, 0.29) is 11.5 Å². The quantitative estimate of drug-likeness (QED) is 0.678. The Balaban J connectivity index is 1.69. The number of carbonyl (C=O) groups is 1. The van der Waals surface area contributed by atoms with Gasteiger partial charge >= 0.3 is 0 Å². The number of carbonyl (C=O) groups excluding carboxylic acids is 1. The van der Waals surface area contributed by atoms with Crippen LogP contribution in [0, 0.1) is 12.7 Å². The van der Waals surface area contributed by atoms with Gasteiger partial charge in [-0.3, -0.25) is 4.79 Å². The molecule has 0 aliphatic carbocycles. The summed E-state index contributed by atoms with van der Waals surface area (Å²) in [7, 11) is -3.69. The number of rotatable bonds is 6. The van der Waals surface area contributed by atoms with E-state index in [1.54, 1.807) is 19.1 Å². The molecule has 1 aliphatic rings. The third kappa shape index (κ3) is 5.33. The molecule has 156 valence electrons. The molecule has 7 nitrogen and oxygen atoms in total. The monoisotopic (exact) mass is 486 g/mol. The van der Waals surface area contributed by atoms with Gasteiger partial charge in [-0.2, -0.15) is 4.31 Å². The molecule has 2 aromatic rings. The summed E-state index contributed by atoms with van der Waals surface area (Å²) in [6.07, 6.45) is 0. The van der Waals surface area contributed by atoms with Crippen LogP contribution in [0.25, 0.3) is 0 Å². The van der Waals surface area contributed by atoms with Gasteiger partial charge in [-0.05, 0) is 58.7 Å². The summed E-state index contributed by atoms with van der Waals surface area (Å²) in [5.41, 5.74) is 0.926. The zero-order valence-electron chi connectivity index (χ0n) is 15.7. The van der Waals surface area contributed by atoms with E-state index in [0.717, 1.165) is 0 Å². The molecule has 10 heteroatoms. The predicted molar refractivity (Wildman–Crippen MR) is 109 cm³/mol. The molecule has 0 spiro atoms. The van der Waals surface area contributed by atoms with Crippen LogP contribution in [0.2, 0.25) is 0 Å². The van der Waals surface area contributed by atoms with Gasteiger partial charge in [-0.1, -0.05) is 6.07 Å². The average Bonchev–Trinajstić information content (AvgIpc) is 2.69. The molecule has 0 aromatic heterocycles. The molecule has 29 heavy (non-hydrogen) atoms. The molecular formula is C19H20BrFN2O5S. The van der Waals surface area contributed by atoms with Crippen LogP contribution < -0.4 is 10.1 Å². The Morgan fingerprint density at radius 2 is 1.97 bits per heavy atom. The molecule has 1 aliphatic heterocycles. The summed E-state index contributed by atoms with van der Waals surface area (Å²) in [6, 6.07) is 8.56. The Kier molecular flexibility index (Phi) is 6.89. The highest BCUT2D eigenvalue weighted by Gasteiger charge is 2.28. The summed E-state index contributed by atoms with van der Waals surface area (Å²) in [6.45, 7) is 2.67.